The molecule has 0 bridgehead atoms. The van der Waals surface area contributed by atoms with Crippen LogP contribution in [0.3, 0.4) is 0 Å². The van der Waals surface area contributed by atoms with Crippen molar-refractivity contribution in [1.29, 1.82) is 0 Å². The molecule has 0 spiro atoms. The van der Waals surface area contributed by atoms with Crippen molar-refractivity contribution in [2.45, 2.75) is 39.0 Å². The summed E-state index contributed by atoms with van der Waals surface area (Å²) >= 11 is 6.26. The van der Waals surface area contributed by atoms with Crippen LogP contribution in [0.1, 0.15) is 38.2 Å². The number of hydrogen-bond donors (Lipinski definition) is 2. The summed E-state index contributed by atoms with van der Waals surface area (Å²) in [6.07, 6.45) is 3.98. The molecular weight excluding hydrogens is 366 g/mol. The molecular formula is C20H22ClN3O3. The van der Waals surface area contributed by atoms with E-state index in [1.165, 1.54) is 6.07 Å². The van der Waals surface area contributed by atoms with Crippen LogP contribution in [0.15, 0.2) is 33.5 Å². The Labute approximate surface area is 162 Å². The first-order valence-electron chi connectivity index (χ1n) is 9.09. The Hall–Kier alpha value is -2.44. The number of anilines is 1. The molecule has 6 nitrogen and oxygen atoms in total. The summed E-state index contributed by atoms with van der Waals surface area (Å²) in [6.45, 7) is 2.40. The molecule has 0 unspecified atom stereocenters. The summed E-state index contributed by atoms with van der Waals surface area (Å²) in [5.41, 5.74) is 8.17. The van der Waals surface area contributed by atoms with Crippen LogP contribution in [0.25, 0.3) is 22.6 Å². The molecule has 0 atom stereocenters. The first-order valence-corrected chi connectivity index (χ1v) is 9.47. The van der Waals surface area contributed by atoms with Crippen LogP contribution < -0.4 is 16.5 Å². The molecule has 142 valence electrons. The summed E-state index contributed by atoms with van der Waals surface area (Å²) in [5, 5.41) is 2.97. The molecule has 0 aromatic heterocycles. The fourth-order valence-corrected chi connectivity index (χ4v) is 3.23. The molecule has 3 N–H and O–H groups in total. The second-order valence-electron chi connectivity index (χ2n) is 6.45. The Kier molecular flexibility index (Phi) is 6.08. The Balaban J connectivity index is 2.05. The molecule has 7 heteroatoms. The number of halogens is 1. The van der Waals surface area contributed by atoms with Gasteiger partial charge in [-0.25, -0.2) is 4.98 Å². The highest BCUT2D eigenvalue weighted by atomic mass is 35.5. The fraction of sp³-hybridized carbons (Fsp3) is 0.350. The first-order chi connectivity index (χ1) is 13.0. The number of carbonyl (C=O) groups is 1. The van der Waals surface area contributed by atoms with Crippen molar-refractivity contribution in [3.63, 3.8) is 0 Å². The van der Waals surface area contributed by atoms with Gasteiger partial charge in [-0.15, -0.1) is 0 Å². The van der Waals surface area contributed by atoms with E-state index in [1.54, 1.807) is 18.2 Å². The maximum absolute atomic E-state index is 12.2. The Morgan fingerprint density at radius 1 is 1.30 bits per heavy atom. The van der Waals surface area contributed by atoms with Gasteiger partial charge in [-0.05, 0) is 25.0 Å². The molecule has 1 aromatic carbocycles. The minimum Gasteiger partial charge on any atom is -0.453 e. The van der Waals surface area contributed by atoms with Crippen molar-refractivity contribution < 1.29 is 9.21 Å². The topological polar surface area (TPSA) is 98.2 Å². The van der Waals surface area contributed by atoms with Crippen LogP contribution in [0.2, 0.25) is 5.02 Å². The van der Waals surface area contributed by atoms with E-state index >= 15 is 0 Å². The van der Waals surface area contributed by atoms with Crippen molar-refractivity contribution in [3.8, 4) is 11.5 Å². The SMILES string of the molecule is CCCCCc1c2nc3ccc(NC(=O)CCN)cc3oc-2cc(=O)c1Cl. The first kappa shape index (κ1) is 19.3. The molecule has 0 saturated heterocycles. The molecule has 0 fully saturated rings. The molecule has 0 saturated carbocycles. The highest BCUT2D eigenvalue weighted by Gasteiger charge is 2.19. The fourth-order valence-electron chi connectivity index (χ4n) is 2.99. The van der Waals surface area contributed by atoms with Gasteiger partial charge in [0, 0.05) is 36.3 Å². The van der Waals surface area contributed by atoms with Gasteiger partial charge in [0.05, 0.1) is 5.02 Å². The number of rotatable bonds is 7. The monoisotopic (exact) mass is 387 g/mol. The lowest BCUT2D eigenvalue weighted by molar-refractivity contribution is -0.116. The lowest BCUT2D eigenvalue weighted by Crippen LogP contribution is -2.16. The molecule has 1 amide bonds. The molecule has 1 aliphatic heterocycles. The summed E-state index contributed by atoms with van der Waals surface area (Å²) < 4.78 is 5.91. The van der Waals surface area contributed by atoms with Crippen LogP contribution in [-0.2, 0) is 11.2 Å². The Bertz CT molecular complexity index is 1000. The minimum atomic E-state index is -0.270. The molecule has 3 rings (SSSR count). The lowest BCUT2D eigenvalue weighted by Gasteiger charge is -2.13. The molecule has 1 heterocycles. The minimum absolute atomic E-state index is 0.169. The largest absolute Gasteiger partial charge is 0.453 e. The summed E-state index contributed by atoms with van der Waals surface area (Å²) in [4.78, 5) is 28.6. The molecule has 2 aliphatic rings. The van der Waals surface area contributed by atoms with Gasteiger partial charge in [0.15, 0.2) is 11.3 Å². The summed E-state index contributed by atoms with van der Waals surface area (Å²) in [5.74, 6) is 0.228. The predicted octanol–water partition coefficient (Wildman–Crippen LogP) is 3.97. The second-order valence-corrected chi connectivity index (χ2v) is 6.83. The van der Waals surface area contributed by atoms with Gasteiger partial charge < -0.3 is 15.5 Å². The van der Waals surface area contributed by atoms with E-state index < -0.39 is 0 Å². The number of nitrogens with zero attached hydrogens (tertiary/aromatic N) is 1. The number of amides is 1. The van der Waals surface area contributed by atoms with E-state index in [0.717, 1.165) is 24.8 Å². The zero-order valence-electron chi connectivity index (χ0n) is 15.2. The molecule has 0 radical (unpaired) electrons. The maximum atomic E-state index is 12.2. The van der Waals surface area contributed by atoms with Crippen LogP contribution in [-0.4, -0.2) is 17.4 Å². The normalized spacial score (nSPS) is 11.2. The highest BCUT2D eigenvalue weighted by molar-refractivity contribution is 6.31. The van der Waals surface area contributed by atoms with E-state index in [1.807, 2.05) is 0 Å². The third-order valence-corrected chi connectivity index (χ3v) is 4.77. The molecule has 1 aromatic rings. The number of carbonyl (C=O) groups excluding carboxylic acids is 1. The highest BCUT2D eigenvalue weighted by Crippen LogP contribution is 2.32. The van der Waals surface area contributed by atoms with E-state index in [4.69, 9.17) is 21.8 Å². The van der Waals surface area contributed by atoms with Crippen molar-refractivity contribution in [2.24, 2.45) is 5.73 Å². The van der Waals surface area contributed by atoms with Crippen molar-refractivity contribution in [2.75, 3.05) is 11.9 Å². The molecule has 1 aliphatic carbocycles. The van der Waals surface area contributed by atoms with Gasteiger partial charge in [0.1, 0.15) is 11.2 Å². The van der Waals surface area contributed by atoms with Gasteiger partial charge >= 0.3 is 0 Å². The summed E-state index contributed by atoms with van der Waals surface area (Å²) in [7, 11) is 0. The van der Waals surface area contributed by atoms with Gasteiger partial charge in [-0.2, -0.15) is 0 Å². The van der Waals surface area contributed by atoms with Crippen LogP contribution in [0.5, 0.6) is 0 Å². The quantitative estimate of drug-likeness (QED) is 0.472. The predicted molar refractivity (Wildman–Crippen MR) is 107 cm³/mol. The van der Waals surface area contributed by atoms with Crippen LogP contribution >= 0.6 is 11.6 Å². The standard InChI is InChI=1S/C20H22ClN3O3/c1-2-3-4-5-13-19(21)15(25)11-17-20(13)24-14-7-6-12(10-16(14)27-17)23-18(26)8-9-22/h6-7,10-11H,2-5,8-9,22H2,1H3,(H,23,26). The van der Waals surface area contributed by atoms with Crippen LogP contribution in [0.4, 0.5) is 5.69 Å². The number of benzene rings is 2. The van der Waals surface area contributed by atoms with Crippen LogP contribution in [0, 0.1) is 0 Å². The third kappa shape index (κ3) is 4.28. The molecule has 27 heavy (non-hydrogen) atoms. The van der Waals surface area contributed by atoms with E-state index in [0.29, 0.717) is 34.7 Å². The van der Waals surface area contributed by atoms with Gasteiger partial charge in [-0.3, -0.25) is 9.59 Å². The number of nitrogens with two attached hydrogens (primary N) is 1. The van der Waals surface area contributed by atoms with E-state index in [2.05, 4.69) is 17.2 Å². The maximum Gasteiger partial charge on any atom is 0.225 e. The number of unbranched alkanes of at least 4 members (excludes halogenated alkanes) is 2. The number of fused-ring (bicyclic) bond motifs is 2. The van der Waals surface area contributed by atoms with Gasteiger partial charge in [0.25, 0.3) is 0 Å². The van der Waals surface area contributed by atoms with Gasteiger partial charge in [0.2, 0.25) is 11.3 Å². The van der Waals surface area contributed by atoms with Crippen molar-refractivity contribution >= 4 is 34.3 Å². The smallest absolute Gasteiger partial charge is 0.225 e. The van der Waals surface area contributed by atoms with E-state index in [-0.39, 0.29) is 29.3 Å². The average Bonchev–Trinajstić information content (AvgIpc) is 2.64. The van der Waals surface area contributed by atoms with E-state index in [9.17, 15) is 9.59 Å². The number of hydrogen-bond acceptors (Lipinski definition) is 5. The van der Waals surface area contributed by atoms with Crippen molar-refractivity contribution in [1.82, 2.24) is 4.98 Å². The van der Waals surface area contributed by atoms with Gasteiger partial charge in [-0.1, -0.05) is 31.4 Å². The summed E-state index contributed by atoms with van der Waals surface area (Å²) in [6, 6.07) is 6.58. The Morgan fingerprint density at radius 3 is 2.85 bits per heavy atom. The number of aromatic nitrogens is 1. The second kappa shape index (κ2) is 8.50. The lowest BCUT2D eigenvalue weighted by atomic mass is 10.0. The number of nitrogens with one attached hydrogen (secondary N) is 1. The average molecular weight is 388 g/mol. The zero-order valence-corrected chi connectivity index (χ0v) is 15.9. The Morgan fingerprint density at radius 2 is 2.11 bits per heavy atom. The van der Waals surface area contributed by atoms with Crippen molar-refractivity contribution in [3.05, 3.63) is 45.1 Å². The zero-order chi connectivity index (χ0) is 19.4. The third-order valence-electron chi connectivity index (χ3n) is 4.36.